The Balaban J connectivity index is 2.04. The van der Waals surface area contributed by atoms with Crippen LogP contribution in [0.15, 0.2) is 34.7 Å². The van der Waals surface area contributed by atoms with Gasteiger partial charge in [-0.15, -0.1) is 0 Å². The van der Waals surface area contributed by atoms with E-state index < -0.39 is 17.2 Å². The summed E-state index contributed by atoms with van der Waals surface area (Å²) in [5.74, 6) is -0.913. The Hall–Kier alpha value is -3.12. The smallest absolute Gasteiger partial charge is 0.303 e. The van der Waals surface area contributed by atoms with Crippen LogP contribution >= 0.6 is 0 Å². The lowest BCUT2D eigenvalue weighted by molar-refractivity contribution is -0.137. The number of benzene rings is 1. The van der Waals surface area contributed by atoms with E-state index in [1.807, 2.05) is 31.2 Å². The second kappa shape index (κ2) is 12.0. The van der Waals surface area contributed by atoms with Gasteiger partial charge >= 0.3 is 5.97 Å². The first-order valence-corrected chi connectivity index (χ1v) is 12.2. The SMILES string of the molecule is CNC(=O)c1c(-c2ccc(C)cc2)oc2nc(CN(CCCCC(=O)O)S(=O)O)c(CCO)cc12. The number of hydrogen-bond donors (Lipinski definition) is 4. The van der Waals surface area contributed by atoms with Gasteiger partial charge < -0.3 is 19.9 Å². The van der Waals surface area contributed by atoms with E-state index in [0.717, 1.165) is 5.56 Å². The largest absolute Gasteiger partial charge is 0.481 e. The van der Waals surface area contributed by atoms with Crippen LogP contribution in [0.5, 0.6) is 0 Å². The van der Waals surface area contributed by atoms with E-state index in [-0.39, 0.29) is 44.2 Å². The number of aliphatic hydroxyl groups is 1. The summed E-state index contributed by atoms with van der Waals surface area (Å²) >= 11 is -2.32. The number of unbranched alkanes of at least 4 members (excludes halogenated alkanes) is 1. The van der Waals surface area contributed by atoms with Gasteiger partial charge in [-0.2, -0.15) is 4.31 Å². The Morgan fingerprint density at radius 1 is 1.20 bits per heavy atom. The van der Waals surface area contributed by atoms with Crippen LogP contribution in [0, 0.1) is 6.92 Å². The Kier molecular flexibility index (Phi) is 9.10. The fourth-order valence-corrected chi connectivity index (χ4v) is 4.30. The van der Waals surface area contributed by atoms with E-state index in [1.54, 1.807) is 6.07 Å². The monoisotopic (exact) mass is 503 g/mol. The van der Waals surface area contributed by atoms with Crippen molar-refractivity contribution in [2.45, 2.75) is 39.2 Å². The number of amides is 1. The van der Waals surface area contributed by atoms with Gasteiger partial charge in [0.05, 0.1) is 23.2 Å². The summed E-state index contributed by atoms with van der Waals surface area (Å²) in [5, 5.41) is 21.5. The minimum Gasteiger partial charge on any atom is -0.481 e. The Bertz CT molecular complexity index is 1220. The number of nitrogens with one attached hydrogen (secondary N) is 1. The quantitative estimate of drug-likeness (QED) is 0.217. The summed E-state index contributed by atoms with van der Waals surface area (Å²) < 4.78 is 29.0. The summed E-state index contributed by atoms with van der Waals surface area (Å²) in [5.41, 5.74) is 3.32. The Morgan fingerprint density at radius 2 is 1.91 bits per heavy atom. The van der Waals surface area contributed by atoms with Crippen molar-refractivity contribution in [1.82, 2.24) is 14.6 Å². The summed E-state index contributed by atoms with van der Waals surface area (Å²) in [6, 6.07) is 9.24. The molecule has 0 aliphatic rings. The number of aryl methyl sites for hydroxylation is 1. The lowest BCUT2D eigenvalue weighted by atomic mass is 10.0. The number of nitrogens with zero attached hydrogens (tertiary/aromatic N) is 2. The number of carboxylic acid groups (broad SMARTS) is 1. The van der Waals surface area contributed by atoms with E-state index in [9.17, 15) is 23.5 Å². The summed E-state index contributed by atoms with van der Waals surface area (Å²) in [7, 11) is 1.52. The minimum absolute atomic E-state index is 0.0165. The van der Waals surface area contributed by atoms with Crippen molar-refractivity contribution in [1.29, 1.82) is 0 Å². The summed E-state index contributed by atoms with van der Waals surface area (Å²) in [6.07, 6.45) is 0.978. The van der Waals surface area contributed by atoms with Gasteiger partial charge in [-0.05, 0) is 37.8 Å². The van der Waals surface area contributed by atoms with Crippen molar-refractivity contribution < 1.29 is 33.0 Å². The number of carbonyl (C=O) groups excluding carboxylic acids is 1. The van der Waals surface area contributed by atoms with Crippen molar-refractivity contribution in [2.75, 3.05) is 20.2 Å². The number of aliphatic hydroxyl groups excluding tert-OH is 1. The van der Waals surface area contributed by atoms with Crippen molar-refractivity contribution in [3.63, 3.8) is 0 Å². The second-order valence-corrected chi connectivity index (χ2v) is 9.09. The first kappa shape index (κ1) is 26.5. The second-order valence-electron chi connectivity index (χ2n) is 8.12. The third kappa shape index (κ3) is 6.51. The number of aromatic nitrogens is 1. The van der Waals surface area contributed by atoms with Crippen LogP contribution in [0.25, 0.3) is 22.4 Å². The van der Waals surface area contributed by atoms with Crippen molar-refractivity contribution >= 4 is 34.2 Å². The Labute approximate surface area is 205 Å². The molecule has 0 spiro atoms. The van der Waals surface area contributed by atoms with Crippen LogP contribution in [0.4, 0.5) is 0 Å². The highest BCUT2D eigenvalue weighted by molar-refractivity contribution is 7.76. The van der Waals surface area contributed by atoms with Crippen LogP contribution in [-0.4, -0.2) is 60.3 Å². The molecule has 3 rings (SSSR count). The van der Waals surface area contributed by atoms with Crippen LogP contribution < -0.4 is 5.32 Å². The van der Waals surface area contributed by atoms with Gasteiger partial charge in [-0.1, -0.05) is 29.8 Å². The predicted molar refractivity (Wildman–Crippen MR) is 131 cm³/mol. The van der Waals surface area contributed by atoms with E-state index in [0.29, 0.717) is 46.4 Å². The third-order valence-electron chi connectivity index (χ3n) is 5.60. The zero-order valence-corrected chi connectivity index (χ0v) is 20.4. The first-order valence-electron chi connectivity index (χ1n) is 11.2. The third-order valence-corrected chi connectivity index (χ3v) is 6.35. The molecule has 35 heavy (non-hydrogen) atoms. The number of pyridine rings is 1. The molecule has 1 aromatic carbocycles. The topological polar surface area (TPSA) is 153 Å². The molecule has 10 nitrogen and oxygen atoms in total. The average molecular weight is 504 g/mol. The minimum atomic E-state index is -2.32. The molecule has 0 saturated carbocycles. The molecule has 1 atom stereocenters. The molecule has 2 aromatic heterocycles. The van der Waals surface area contributed by atoms with E-state index in [1.165, 1.54) is 11.4 Å². The van der Waals surface area contributed by atoms with E-state index in [4.69, 9.17) is 9.52 Å². The number of hydrogen-bond acceptors (Lipinski definition) is 6. The molecule has 4 N–H and O–H groups in total. The number of rotatable bonds is 12. The standard InChI is InChI=1S/C24H29N3O7S/c1-15-6-8-16(9-7-15)22-21(23(31)25-2)18-13-17(10-12-28)19(26-24(18)34-22)14-27(35(32)33)11-4-3-5-20(29)30/h6-9,13,28H,3-5,10-12,14H2,1-2H3,(H,25,31)(H,29,30)(H,32,33). The van der Waals surface area contributed by atoms with Gasteiger partial charge in [-0.25, -0.2) is 9.19 Å². The van der Waals surface area contributed by atoms with Gasteiger partial charge in [-0.3, -0.25) is 14.1 Å². The average Bonchev–Trinajstić information content (AvgIpc) is 3.19. The molecular weight excluding hydrogens is 474 g/mol. The van der Waals surface area contributed by atoms with Crippen molar-refractivity contribution in [2.24, 2.45) is 0 Å². The van der Waals surface area contributed by atoms with Gasteiger partial charge in [0.2, 0.25) is 17.0 Å². The molecule has 0 fully saturated rings. The van der Waals surface area contributed by atoms with Gasteiger partial charge in [0.1, 0.15) is 5.76 Å². The molecule has 1 amide bonds. The highest BCUT2D eigenvalue weighted by atomic mass is 32.2. The number of fused-ring (bicyclic) bond motifs is 1. The van der Waals surface area contributed by atoms with Gasteiger partial charge in [0.15, 0.2) is 0 Å². The number of carbonyl (C=O) groups is 2. The fourth-order valence-electron chi connectivity index (χ4n) is 3.78. The highest BCUT2D eigenvalue weighted by Crippen LogP contribution is 2.34. The first-order chi connectivity index (χ1) is 16.7. The predicted octanol–water partition coefficient (Wildman–Crippen LogP) is 2.89. The molecule has 0 saturated heterocycles. The highest BCUT2D eigenvalue weighted by Gasteiger charge is 2.25. The maximum absolute atomic E-state index is 12.8. The van der Waals surface area contributed by atoms with Gasteiger partial charge in [0.25, 0.3) is 5.91 Å². The van der Waals surface area contributed by atoms with Crippen LogP contribution in [0.2, 0.25) is 0 Å². The maximum Gasteiger partial charge on any atom is 0.303 e. The molecule has 0 aliphatic heterocycles. The van der Waals surface area contributed by atoms with Crippen LogP contribution in [0.3, 0.4) is 0 Å². The van der Waals surface area contributed by atoms with E-state index in [2.05, 4.69) is 10.3 Å². The molecule has 11 heteroatoms. The molecule has 1 unspecified atom stereocenters. The Morgan fingerprint density at radius 3 is 2.51 bits per heavy atom. The van der Waals surface area contributed by atoms with Crippen molar-refractivity contribution in [3.8, 4) is 11.3 Å². The summed E-state index contributed by atoms with van der Waals surface area (Å²) in [6.45, 7) is 1.94. The molecule has 0 radical (unpaired) electrons. The lowest BCUT2D eigenvalue weighted by Crippen LogP contribution is -2.27. The molecular formula is C24H29N3O7S. The molecule has 3 aromatic rings. The maximum atomic E-state index is 12.8. The van der Waals surface area contributed by atoms with Crippen LogP contribution in [-0.2, 0) is 29.0 Å². The van der Waals surface area contributed by atoms with Crippen molar-refractivity contribution in [3.05, 3.63) is 52.7 Å². The number of furan rings is 1. The normalized spacial score (nSPS) is 12.3. The fraction of sp³-hybridized carbons (Fsp3) is 0.375. The number of aliphatic carboxylic acids is 1. The molecule has 2 heterocycles. The van der Waals surface area contributed by atoms with E-state index >= 15 is 0 Å². The molecule has 188 valence electrons. The zero-order valence-electron chi connectivity index (χ0n) is 19.6. The lowest BCUT2D eigenvalue weighted by Gasteiger charge is -2.18. The number of carboxylic acids is 1. The van der Waals surface area contributed by atoms with Gasteiger partial charge in [0, 0.05) is 32.2 Å². The molecule has 0 bridgehead atoms. The summed E-state index contributed by atoms with van der Waals surface area (Å²) in [4.78, 5) is 28.1. The zero-order chi connectivity index (χ0) is 25.5. The van der Waals surface area contributed by atoms with Crippen LogP contribution in [0.1, 0.15) is 46.4 Å². The molecule has 0 aliphatic carbocycles.